The number of likely N-dealkylation sites (N-methyl/N-ethyl adjacent to an activating group) is 1. The Morgan fingerprint density at radius 1 is 1.67 bits per heavy atom. The van der Waals surface area contributed by atoms with E-state index in [0.717, 1.165) is 6.42 Å². The first-order valence-corrected chi connectivity index (χ1v) is 4.55. The van der Waals surface area contributed by atoms with Crippen LogP contribution in [0.15, 0.2) is 12.2 Å². The van der Waals surface area contributed by atoms with Crippen molar-refractivity contribution in [1.29, 1.82) is 0 Å². The minimum absolute atomic E-state index is 0.322. The van der Waals surface area contributed by atoms with Gasteiger partial charge in [-0.1, -0.05) is 19.1 Å². The second kappa shape index (κ2) is 3.58. The minimum atomic E-state index is 0.322. The molecule has 4 unspecified atom stereocenters. The van der Waals surface area contributed by atoms with Gasteiger partial charge in [-0.05, 0) is 20.4 Å². The Morgan fingerprint density at radius 3 is 2.67 bits per heavy atom. The molecule has 0 radical (unpaired) electrons. The van der Waals surface area contributed by atoms with Crippen molar-refractivity contribution in [2.45, 2.75) is 38.5 Å². The Hall–Kier alpha value is -0.340. The van der Waals surface area contributed by atoms with Crippen LogP contribution in [0.2, 0.25) is 0 Å². The summed E-state index contributed by atoms with van der Waals surface area (Å²) in [6.07, 6.45) is 1.39. The summed E-state index contributed by atoms with van der Waals surface area (Å²) in [5.74, 6) is 0. The van der Waals surface area contributed by atoms with Gasteiger partial charge in [0, 0.05) is 13.2 Å². The molecule has 0 aromatic rings. The fourth-order valence-electron chi connectivity index (χ4n) is 1.83. The summed E-state index contributed by atoms with van der Waals surface area (Å²) in [5.41, 5.74) is 1.33. The molecule has 0 amide bonds. The monoisotopic (exact) mass is 169 g/mol. The van der Waals surface area contributed by atoms with Crippen molar-refractivity contribution in [2.75, 3.05) is 14.2 Å². The van der Waals surface area contributed by atoms with Crippen molar-refractivity contribution in [3.05, 3.63) is 12.2 Å². The number of hydrogen-bond acceptors (Lipinski definition) is 2. The molecule has 0 aromatic heterocycles. The lowest BCUT2D eigenvalue weighted by Gasteiger charge is -2.06. The Morgan fingerprint density at radius 2 is 2.25 bits per heavy atom. The zero-order valence-electron chi connectivity index (χ0n) is 8.50. The van der Waals surface area contributed by atoms with Crippen LogP contribution in [-0.4, -0.2) is 37.2 Å². The van der Waals surface area contributed by atoms with Crippen LogP contribution in [0, 0.1) is 0 Å². The van der Waals surface area contributed by atoms with Gasteiger partial charge < -0.3 is 4.74 Å². The molecular formula is C10H19NO. The van der Waals surface area contributed by atoms with Gasteiger partial charge in [-0.15, -0.1) is 0 Å². The second-order valence-electron chi connectivity index (χ2n) is 3.55. The predicted molar refractivity (Wildman–Crippen MR) is 51.2 cm³/mol. The van der Waals surface area contributed by atoms with Crippen molar-refractivity contribution in [1.82, 2.24) is 4.90 Å². The number of nitrogens with zero attached hydrogens (tertiary/aromatic N) is 1. The first-order chi connectivity index (χ1) is 5.63. The normalized spacial score (nSPS) is 36.2. The lowest BCUT2D eigenvalue weighted by Crippen LogP contribution is -2.17. The van der Waals surface area contributed by atoms with E-state index >= 15 is 0 Å². The second-order valence-corrected chi connectivity index (χ2v) is 3.55. The first kappa shape index (κ1) is 9.75. The van der Waals surface area contributed by atoms with E-state index in [9.17, 15) is 0 Å². The van der Waals surface area contributed by atoms with E-state index in [1.807, 2.05) is 0 Å². The Balaban J connectivity index is 2.47. The highest BCUT2D eigenvalue weighted by Gasteiger charge is 2.48. The van der Waals surface area contributed by atoms with Gasteiger partial charge in [-0.25, -0.2) is 0 Å². The fraction of sp³-hybridized carbons (Fsp3) is 0.800. The van der Waals surface area contributed by atoms with Gasteiger partial charge in [0.05, 0.1) is 12.1 Å². The van der Waals surface area contributed by atoms with Gasteiger partial charge >= 0.3 is 0 Å². The van der Waals surface area contributed by atoms with Crippen molar-refractivity contribution in [2.24, 2.45) is 0 Å². The quantitative estimate of drug-likeness (QED) is 0.469. The molecule has 1 fully saturated rings. The summed E-state index contributed by atoms with van der Waals surface area (Å²) in [4.78, 5) is 2.32. The van der Waals surface area contributed by atoms with E-state index in [1.165, 1.54) is 5.57 Å². The maximum Gasteiger partial charge on any atom is 0.0716 e. The molecule has 1 aliphatic rings. The van der Waals surface area contributed by atoms with Crippen LogP contribution in [0.4, 0.5) is 0 Å². The van der Waals surface area contributed by atoms with Gasteiger partial charge in [0.2, 0.25) is 0 Å². The third-order valence-corrected chi connectivity index (χ3v) is 2.87. The Kier molecular flexibility index (Phi) is 2.91. The highest BCUT2D eigenvalue weighted by Crippen LogP contribution is 2.35. The van der Waals surface area contributed by atoms with Crippen molar-refractivity contribution >= 4 is 0 Å². The zero-order chi connectivity index (χ0) is 9.30. The molecule has 0 aliphatic carbocycles. The Bertz CT molecular complexity index is 179. The lowest BCUT2D eigenvalue weighted by molar-refractivity contribution is 0.107. The third kappa shape index (κ3) is 1.54. The number of rotatable bonds is 4. The van der Waals surface area contributed by atoms with Crippen LogP contribution in [0.25, 0.3) is 0 Å². The van der Waals surface area contributed by atoms with E-state index in [0.29, 0.717) is 18.2 Å². The summed E-state index contributed by atoms with van der Waals surface area (Å²) >= 11 is 0. The largest absolute Gasteiger partial charge is 0.380 e. The van der Waals surface area contributed by atoms with Crippen LogP contribution in [-0.2, 0) is 4.74 Å². The van der Waals surface area contributed by atoms with E-state index in [2.05, 4.69) is 32.4 Å². The van der Waals surface area contributed by atoms with Crippen LogP contribution in [0.1, 0.15) is 20.3 Å². The summed E-state index contributed by atoms with van der Waals surface area (Å²) < 4.78 is 5.29. The van der Waals surface area contributed by atoms with Crippen molar-refractivity contribution in [3.63, 3.8) is 0 Å². The highest BCUT2D eigenvalue weighted by molar-refractivity contribution is 5.22. The molecule has 1 rings (SSSR count). The molecule has 12 heavy (non-hydrogen) atoms. The number of hydrogen-bond donors (Lipinski definition) is 0. The molecule has 70 valence electrons. The van der Waals surface area contributed by atoms with Crippen LogP contribution in [0.5, 0.6) is 0 Å². The maximum atomic E-state index is 5.29. The van der Waals surface area contributed by atoms with Gasteiger partial charge in [0.1, 0.15) is 0 Å². The zero-order valence-corrected chi connectivity index (χ0v) is 8.50. The van der Waals surface area contributed by atoms with E-state index in [1.54, 1.807) is 7.11 Å². The molecule has 0 spiro atoms. The van der Waals surface area contributed by atoms with Crippen LogP contribution >= 0.6 is 0 Å². The summed E-state index contributed by atoms with van der Waals surface area (Å²) in [7, 11) is 3.90. The number of ether oxygens (including phenoxy) is 1. The minimum Gasteiger partial charge on any atom is -0.380 e. The van der Waals surface area contributed by atoms with Gasteiger partial charge in [-0.3, -0.25) is 4.90 Å². The van der Waals surface area contributed by atoms with Crippen molar-refractivity contribution in [3.8, 4) is 0 Å². The van der Waals surface area contributed by atoms with E-state index in [4.69, 9.17) is 4.74 Å². The predicted octanol–water partition coefficient (Wildman–Crippen LogP) is 1.67. The topological polar surface area (TPSA) is 12.2 Å². The van der Waals surface area contributed by atoms with Crippen LogP contribution < -0.4 is 0 Å². The summed E-state index contributed by atoms with van der Waals surface area (Å²) in [6.45, 7) is 8.33. The molecule has 1 aliphatic heterocycles. The summed E-state index contributed by atoms with van der Waals surface area (Å²) in [5, 5.41) is 0. The SMILES string of the molecule is C=C(CC)C1C(C(C)OC)N1C. The molecule has 1 heterocycles. The molecule has 0 aromatic carbocycles. The molecule has 2 nitrogen and oxygen atoms in total. The van der Waals surface area contributed by atoms with E-state index in [-0.39, 0.29) is 0 Å². The molecular weight excluding hydrogens is 150 g/mol. The highest BCUT2D eigenvalue weighted by atomic mass is 16.5. The van der Waals surface area contributed by atoms with Gasteiger partial charge in [-0.2, -0.15) is 0 Å². The molecule has 2 heteroatoms. The molecule has 0 saturated carbocycles. The van der Waals surface area contributed by atoms with E-state index < -0.39 is 0 Å². The number of methoxy groups -OCH3 is 1. The first-order valence-electron chi connectivity index (χ1n) is 4.55. The van der Waals surface area contributed by atoms with Gasteiger partial charge in [0.25, 0.3) is 0 Å². The fourth-order valence-corrected chi connectivity index (χ4v) is 1.83. The maximum absolute atomic E-state index is 5.29. The average molecular weight is 169 g/mol. The third-order valence-electron chi connectivity index (χ3n) is 2.87. The molecule has 0 N–H and O–H groups in total. The molecule has 0 bridgehead atoms. The average Bonchev–Trinajstić information content (AvgIpc) is 2.74. The lowest BCUT2D eigenvalue weighted by atomic mass is 10.1. The Labute approximate surface area is 75.2 Å². The van der Waals surface area contributed by atoms with Gasteiger partial charge in [0.15, 0.2) is 0 Å². The standard InChI is InChI=1S/C10H19NO/c1-6-7(2)9-10(11(9)4)8(3)12-5/h8-10H,2,6H2,1,3-5H3. The van der Waals surface area contributed by atoms with Crippen LogP contribution in [0.3, 0.4) is 0 Å². The molecule has 1 saturated heterocycles. The van der Waals surface area contributed by atoms with Crippen molar-refractivity contribution < 1.29 is 4.74 Å². The summed E-state index contributed by atoms with van der Waals surface area (Å²) in [6, 6.07) is 1.12. The molecule has 4 atom stereocenters. The smallest absolute Gasteiger partial charge is 0.0716 e.